The highest BCUT2D eigenvalue weighted by atomic mass is 35.5. The molecular weight excluding hydrogens is 298 g/mol. The number of aromatic nitrogens is 1. The largest absolute Gasteiger partial charge is 0.493 e. The topological polar surface area (TPSA) is 31.4 Å². The molecule has 0 N–H and O–H groups in total. The molecule has 0 spiro atoms. The third kappa shape index (κ3) is 2.72. The summed E-state index contributed by atoms with van der Waals surface area (Å²) in [5.74, 6) is 1.37. The zero-order valence-electron chi connectivity index (χ0n) is 12.5. The molecule has 0 unspecified atom stereocenters. The van der Waals surface area contributed by atoms with E-state index in [0.717, 1.165) is 22.2 Å². The lowest BCUT2D eigenvalue weighted by atomic mass is 10.1. The van der Waals surface area contributed by atoms with Crippen LogP contribution in [0.1, 0.15) is 11.3 Å². The second kappa shape index (κ2) is 6.24. The van der Waals surface area contributed by atoms with Gasteiger partial charge in [0.15, 0.2) is 11.5 Å². The Balaban J connectivity index is 1.92. The second-order valence-corrected chi connectivity index (χ2v) is 5.33. The van der Waals surface area contributed by atoms with Crippen molar-refractivity contribution in [3.63, 3.8) is 0 Å². The molecule has 3 aromatic rings. The van der Waals surface area contributed by atoms with Gasteiger partial charge in [-0.25, -0.2) is 4.98 Å². The number of benzene rings is 2. The Bertz CT molecular complexity index is 817. The lowest BCUT2D eigenvalue weighted by molar-refractivity contribution is 0.281. The third-order valence-corrected chi connectivity index (χ3v) is 4.08. The fraction of sp³-hybridized carbons (Fsp3) is 0.167. The van der Waals surface area contributed by atoms with E-state index in [4.69, 9.17) is 21.1 Å². The van der Waals surface area contributed by atoms with Gasteiger partial charge in [-0.15, -0.1) is 0 Å². The molecule has 0 amide bonds. The summed E-state index contributed by atoms with van der Waals surface area (Å²) >= 11 is 6.44. The summed E-state index contributed by atoms with van der Waals surface area (Å²) in [5, 5.41) is 1.71. The molecule has 22 heavy (non-hydrogen) atoms. The van der Waals surface area contributed by atoms with E-state index in [0.29, 0.717) is 23.1 Å². The van der Waals surface area contributed by atoms with E-state index >= 15 is 0 Å². The van der Waals surface area contributed by atoms with Crippen molar-refractivity contribution < 1.29 is 9.47 Å². The summed E-state index contributed by atoms with van der Waals surface area (Å²) in [6.45, 7) is 2.30. The van der Waals surface area contributed by atoms with Crippen LogP contribution < -0.4 is 9.47 Å². The number of halogens is 1. The van der Waals surface area contributed by atoms with Gasteiger partial charge in [-0.2, -0.15) is 0 Å². The number of pyridine rings is 1. The van der Waals surface area contributed by atoms with Crippen molar-refractivity contribution in [1.82, 2.24) is 4.98 Å². The van der Waals surface area contributed by atoms with Crippen LogP contribution in [0.4, 0.5) is 0 Å². The zero-order chi connectivity index (χ0) is 15.5. The minimum atomic E-state index is 0.297. The molecule has 0 saturated carbocycles. The third-order valence-electron chi connectivity index (χ3n) is 3.58. The van der Waals surface area contributed by atoms with Crippen LogP contribution in [0, 0.1) is 6.92 Å². The van der Waals surface area contributed by atoms with Crippen LogP contribution in [0.5, 0.6) is 11.5 Å². The van der Waals surface area contributed by atoms with Crippen LogP contribution in [-0.4, -0.2) is 12.1 Å². The van der Waals surface area contributed by atoms with Gasteiger partial charge in [0.05, 0.1) is 23.3 Å². The Morgan fingerprint density at radius 1 is 1.00 bits per heavy atom. The van der Waals surface area contributed by atoms with E-state index in [2.05, 4.69) is 4.98 Å². The molecule has 0 saturated heterocycles. The van der Waals surface area contributed by atoms with E-state index in [1.807, 2.05) is 55.5 Å². The lowest BCUT2D eigenvalue weighted by Gasteiger charge is -2.13. The SMILES string of the molecule is COc1ccccc1OCc1nc2ccccc2c(C)c1Cl. The standard InChI is InChI=1S/C18H16ClNO2/c1-12-13-7-3-4-8-14(13)20-15(18(12)19)11-22-17-10-6-5-9-16(17)21-2/h3-10H,11H2,1-2H3. The molecule has 0 radical (unpaired) electrons. The van der Waals surface area contributed by atoms with Crippen molar-refractivity contribution in [3.05, 3.63) is 64.8 Å². The van der Waals surface area contributed by atoms with Gasteiger partial charge in [-0.1, -0.05) is 41.9 Å². The molecule has 112 valence electrons. The molecule has 1 aromatic heterocycles. The maximum atomic E-state index is 6.44. The number of ether oxygens (including phenoxy) is 2. The van der Waals surface area contributed by atoms with E-state index in [9.17, 15) is 0 Å². The molecule has 0 fully saturated rings. The van der Waals surface area contributed by atoms with Crippen LogP contribution in [-0.2, 0) is 6.61 Å². The first-order valence-corrected chi connectivity index (χ1v) is 7.38. The van der Waals surface area contributed by atoms with Crippen LogP contribution in [0.2, 0.25) is 5.02 Å². The average Bonchev–Trinajstić information content (AvgIpc) is 2.57. The number of hydrogen-bond acceptors (Lipinski definition) is 3. The highest BCUT2D eigenvalue weighted by molar-refractivity contribution is 6.32. The maximum Gasteiger partial charge on any atom is 0.161 e. The summed E-state index contributed by atoms with van der Waals surface area (Å²) in [7, 11) is 1.62. The van der Waals surface area contributed by atoms with Crippen molar-refractivity contribution in [2.45, 2.75) is 13.5 Å². The molecule has 3 nitrogen and oxygen atoms in total. The minimum absolute atomic E-state index is 0.297. The zero-order valence-corrected chi connectivity index (χ0v) is 13.2. The first-order valence-electron chi connectivity index (χ1n) is 7.00. The molecule has 0 aliphatic carbocycles. The fourth-order valence-electron chi connectivity index (χ4n) is 2.40. The van der Waals surface area contributed by atoms with E-state index < -0.39 is 0 Å². The summed E-state index contributed by atoms with van der Waals surface area (Å²) in [5.41, 5.74) is 2.66. The Hall–Kier alpha value is -2.26. The van der Waals surface area contributed by atoms with E-state index in [1.54, 1.807) is 7.11 Å². The van der Waals surface area contributed by atoms with Crippen molar-refractivity contribution in [2.75, 3.05) is 7.11 Å². The highest BCUT2D eigenvalue weighted by Crippen LogP contribution is 2.30. The molecule has 4 heteroatoms. The average molecular weight is 314 g/mol. The number of rotatable bonds is 4. The van der Waals surface area contributed by atoms with Crippen molar-refractivity contribution in [3.8, 4) is 11.5 Å². The Kier molecular flexibility index (Phi) is 4.16. The van der Waals surface area contributed by atoms with E-state index in [1.165, 1.54) is 0 Å². The first kappa shape index (κ1) is 14.7. The number of nitrogens with zero attached hydrogens (tertiary/aromatic N) is 1. The van der Waals surface area contributed by atoms with Gasteiger partial charge in [0.1, 0.15) is 6.61 Å². The summed E-state index contributed by atoms with van der Waals surface area (Å²) in [6, 6.07) is 15.5. The van der Waals surface area contributed by atoms with Gasteiger partial charge in [0, 0.05) is 5.39 Å². The minimum Gasteiger partial charge on any atom is -0.493 e. The molecule has 3 rings (SSSR count). The van der Waals surface area contributed by atoms with Gasteiger partial charge in [-0.05, 0) is 30.7 Å². The molecule has 0 aliphatic rings. The molecule has 1 heterocycles. The van der Waals surface area contributed by atoms with Crippen LogP contribution in [0.25, 0.3) is 10.9 Å². The summed E-state index contributed by atoms with van der Waals surface area (Å²) < 4.78 is 11.1. The lowest BCUT2D eigenvalue weighted by Crippen LogP contribution is -2.02. The van der Waals surface area contributed by atoms with E-state index in [-0.39, 0.29) is 0 Å². The van der Waals surface area contributed by atoms with Gasteiger partial charge in [0.2, 0.25) is 0 Å². The summed E-state index contributed by atoms with van der Waals surface area (Å²) in [4.78, 5) is 4.61. The van der Waals surface area contributed by atoms with Crippen molar-refractivity contribution in [2.24, 2.45) is 0 Å². The number of aryl methyl sites for hydroxylation is 1. The molecule has 0 bridgehead atoms. The number of para-hydroxylation sites is 3. The smallest absolute Gasteiger partial charge is 0.161 e. The van der Waals surface area contributed by atoms with Crippen LogP contribution in [0.15, 0.2) is 48.5 Å². The highest BCUT2D eigenvalue weighted by Gasteiger charge is 2.11. The van der Waals surface area contributed by atoms with Crippen LogP contribution >= 0.6 is 11.6 Å². The Morgan fingerprint density at radius 2 is 1.68 bits per heavy atom. The first-order chi connectivity index (χ1) is 10.7. The second-order valence-electron chi connectivity index (χ2n) is 4.95. The molecule has 0 atom stereocenters. The van der Waals surface area contributed by atoms with Crippen molar-refractivity contribution in [1.29, 1.82) is 0 Å². The maximum absolute atomic E-state index is 6.44. The van der Waals surface area contributed by atoms with Gasteiger partial charge < -0.3 is 9.47 Å². The molecule has 2 aromatic carbocycles. The molecular formula is C18H16ClNO2. The predicted molar refractivity (Wildman–Crippen MR) is 88.8 cm³/mol. The number of fused-ring (bicyclic) bond motifs is 1. The number of methoxy groups -OCH3 is 1. The molecule has 0 aliphatic heterocycles. The quantitative estimate of drug-likeness (QED) is 0.694. The van der Waals surface area contributed by atoms with Crippen molar-refractivity contribution >= 4 is 22.5 Å². The van der Waals surface area contributed by atoms with Gasteiger partial charge >= 0.3 is 0 Å². The predicted octanol–water partition coefficient (Wildman–Crippen LogP) is 4.78. The van der Waals surface area contributed by atoms with Gasteiger partial charge in [-0.3, -0.25) is 0 Å². The Morgan fingerprint density at radius 3 is 2.45 bits per heavy atom. The van der Waals surface area contributed by atoms with Gasteiger partial charge in [0.25, 0.3) is 0 Å². The monoisotopic (exact) mass is 313 g/mol. The Labute approximate surface area is 134 Å². The number of hydrogen-bond donors (Lipinski definition) is 0. The fourth-order valence-corrected chi connectivity index (χ4v) is 2.60. The summed E-state index contributed by atoms with van der Waals surface area (Å²) in [6.07, 6.45) is 0. The normalized spacial score (nSPS) is 10.7. The van der Waals surface area contributed by atoms with Crippen LogP contribution in [0.3, 0.4) is 0 Å².